The van der Waals surface area contributed by atoms with Crippen LogP contribution < -0.4 is 5.32 Å². The van der Waals surface area contributed by atoms with Gasteiger partial charge < -0.3 is 14.7 Å². The zero-order valence-corrected chi connectivity index (χ0v) is 17.1. The molecule has 0 bridgehead atoms. The number of carbonyl (C=O) groups excluding carboxylic acids is 2. The summed E-state index contributed by atoms with van der Waals surface area (Å²) in [4.78, 5) is 31.3. The van der Waals surface area contributed by atoms with Crippen molar-refractivity contribution in [2.45, 2.75) is 71.8 Å². The first-order valence-corrected chi connectivity index (χ1v) is 10.1. The van der Waals surface area contributed by atoms with Crippen LogP contribution in [0.1, 0.15) is 65.1 Å². The van der Waals surface area contributed by atoms with E-state index < -0.39 is 0 Å². The molecule has 7 nitrogen and oxygen atoms in total. The van der Waals surface area contributed by atoms with Gasteiger partial charge in [-0.3, -0.25) is 9.59 Å². The normalized spacial score (nSPS) is 27.4. The van der Waals surface area contributed by atoms with Crippen molar-refractivity contribution in [2.24, 2.45) is 17.8 Å². The van der Waals surface area contributed by atoms with Crippen molar-refractivity contribution < 1.29 is 14.1 Å². The second kappa shape index (κ2) is 7.60. The third-order valence-electron chi connectivity index (χ3n) is 5.95. The molecule has 2 amide bonds. The minimum absolute atomic E-state index is 0.0307. The molecule has 1 N–H and O–H groups in total. The van der Waals surface area contributed by atoms with Crippen molar-refractivity contribution in [3.63, 3.8) is 0 Å². The van der Waals surface area contributed by atoms with Crippen molar-refractivity contribution in [1.82, 2.24) is 20.4 Å². The second-order valence-corrected chi connectivity index (χ2v) is 9.01. The van der Waals surface area contributed by atoms with Gasteiger partial charge in [0.15, 0.2) is 5.82 Å². The molecule has 7 heteroatoms. The highest BCUT2D eigenvalue weighted by Crippen LogP contribution is 2.50. The standard InChI is InChI=1S/C20H32N4O3/c1-12(2)6-7-17(25)22-16-8-15-10-24(18(26)13(3)4)11-20(15,9-16)19-21-14(5)23-27-19/h12-13,15-16H,6-11H2,1-5H3,(H,22,25)/t15?,16-,20+/m1/s1. The van der Waals surface area contributed by atoms with Crippen LogP contribution in [0.5, 0.6) is 0 Å². The molecule has 2 heterocycles. The van der Waals surface area contributed by atoms with Crippen LogP contribution in [0.15, 0.2) is 4.52 Å². The molecule has 1 aromatic heterocycles. The van der Waals surface area contributed by atoms with Crippen molar-refractivity contribution in [3.8, 4) is 0 Å². The van der Waals surface area contributed by atoms with Crippen molar-refractivity contribution in [2.75, 3.05) is 13.1 Å². The molecular weight excluding hydrogens is 344 g/mol. The Morgan fingerprint density at radius 1 is 1.33 bits per heavy atom. The summed E-state index contributed by atoms with van der Waals surface area (Å²) in [6.07, 6.45) is 3.04. The lowest BCUT2D eigenvalue weighted by Gasteiger charge is -2.26. The fraction of sp³-hybridized carbons (Fsp3) is 0.800. The van der Waals surface area contributed by atoms with Gasteiger partial charge in [0.1, 0.15) is 0 Å². The third kappa shape index (κ3) is 4.01. The van der Waals surface area contributed by atoms with Crippen LogP contribution in [-0.2, 0) is 15.0 Å². The Hall–Kier alpha value is -1.92. The molecule has 1 unspecified atom stereocenters. The zero-order valence-electron chi connectivity index (χ0n) is 17.1. The number of aromatic nitrogens is 2. The Labute approximate surface area is 161 Å². The fourth-order valence-electron chi connectivity index (χ4n) is 4.56. The van der Waals surface area contributed by atoms with E-state index in [0.29, 0.717) is 37.1 Å². The Morgan fingerprint density at radius 3 is 2.67 bits per heavy atom. The topological polar surface area (TPSA) is 88.3 Å². The van der Waals surface area contributed by atoms with E-state index in [2.05, 4.69) is 29.3 Å². The molecule has 1 saturated heterocycles. The summed E-state index contributed by atoms with van der Waals surface area (Å²) in [6.45, 7) is 11.2. The molecule has 0 radical (unpaired) electrons. The number of rotatable bonds is 6. The average molecular weight is 377 g/mol. The van der Waals surface area contributed by atoms with Crippen LogP contribution in [0, 0.1) is 24.7 Å². The lowest BCUT2D eigenvalue weighted by molar-refractivity contribution is -0.134. The van der Waals surface area contributed by atoms with Gasteiger partial charge in [-0.1, -0.05) is 32.9 Å². The fourth-order valence-corrected chi connectivity index (χ4v) is 4.56. The summed E-state index contributed by atoms with van der Waals surface area (Å²) >= 11 is 0. The maximum absolute atomic E-state index is 12.6. The maximum atomic E-state index is 12.6. The van der Waals surface area contributed by atoms with E-state index in [0.717, 1.165) is 19.3 Å². The number of hydrogen-bond acceptors (Lipinski definition) is 5. The molecule has 0 spiro atoms. The van der Waals surface area contributed by atoms with Crippen molar-refractivity contribution in [3.05, 3.63) is 11.7 Å². The van der Waals surface area contributed by atoms with Gasteiger partial charge in [0.25, 0.3) is 0 Å². The second-order valence-electron chi connectivity index (χ2n) is 9.01. The molecule has 1 aliphatic carbocycles. The molecule has 1 saturated carbocycles. The average Bonchev–Trinajstić information content (AvgIpc) is 3.24. The van der Waals surface area contributed by atoms with Gasteiger partial charge in [0.05, 0.1) is 5.41 Å². The number of aryl methyl sites for hydroxylation is 1. The number of likely N-dealkylation sites (tertiary alicyclic amines) is 1. The van der Waals surface area contributed by atoms with Crippen molar-refractivity contribution in [1.29, 1.82) is 0 Å². The summed E-state index contributed by atoms with van der Waals surface area (Å²) in [5, 5.41) is 7.18. The Kier molecular flexibility index (Phi) is 5.58. The van der Waals surface area contributed by atoms with Crippen LogP contribution >= 0.6 is 0 Å². The predicted molar refractivity (Wildman–Crippen MR) is 101 cm³/mol. The van der Waals surface area contributed by atoms with Crippen LogP contribution in [0.25, 0.3) is 0 Å². The lowest BCUT2D eigenvalue weighted by atomic mass is 9.80. The first-order valence-electron chi connectivity index (χ1n) is 10.1. The van der Waals surface area contributed by atoms with Gasteiger partial charge in [-0.25, -0.2) is 0 Å². The summed E-state index contributed by atoms with van der Waals surface area (Å²) in [5.41, 5.74) is -0.345. The Balaban J connectivity index is 1.75. The van der Waals surface area contributed by atoms with Crippen LogP contribution in [-0.4, -0.2) is 46.0 Å². The van der Waals surface area contributed by atoms with E-state index in [-0.39, 0.29) is 35.1 Å². The first-order chi connectivity index (χ1) is 12.7. The van der Waals surface area contributed by atoms with Crippen LogP contribution in [0.4, 0.5) is 0 Å². The highest BCUT2D eigenvalue weighted by atomic mass is 16.5. The van der Waals surface area contributed by atoms with E-state index in [1.165, 1.54) is 0 Å². The van der Waals surface area contributed by atoms with Gasteiger partial charge in [0, 0.05) is 31.5 Å². The summed E-state index contributed by atoms with van der Waals surface area (Å²) < 4.78 is 5.56. The van der Waals surface area contributed by atoms with Crippen molar-refractivity contribution >= 4 is 11.8 Å². The van der Waals surface area contributed by atoms with E-state index in [9.17, 15) is 9.59 Å². The SMILES string of the molecule is Cc1noc([C@]23C[C@H](NC(=O)CCC(C)C)CC2CN(C(=O)C(C)C)C3)n1. The lowest BCUT2D eigenvalue weighted by Crippen LogP contribution is -2.40. The highest BCUT2D eigenvalue weighted by Gasteiger charge is 2.58. The third-order valence-corrected chi connectivity index (χ3v) is 5.95. The molecule has 3 atom stereocenters. The van der Waals surface area contributed by atoms with E-state index in [1.807, 2.05) is 25.7 Å². The summed E-state index contributed by atoms with van der Waals surface area (Å²) in [6, 6.07) is 0.0955. The minimum atomic E-state index is -0.345. The molecule has 0 aromatic carbocycles. The quantitative estimate of drug-likeness (QED) is 0.824. The molecule has 2 fully saturated rings. The first kappa shape index (κ1) is 19.8. The van der Waals surface area contributed by atoms with Gasteiger partial charge in [-0.2, -0.15) is 4.98 Å². The van der Waals surface area contributed by atoms with Crippen LogP contribution in [0.3, 0.4) is 0 Å². The van der Waals surface area contributed by atoms with E-state index in [4.69, 9.17) is 4.52 Å². The number of fused-ring (bicyclic) bond motifs is 1. The van der Waals surface area contributed by atoms with Crippen LogP contribution in [0.2, 0.25) is 0 Å². The van der Waals surface area contributed by atoms with E-state index in [1.54, 1.807) is 0 Å². The molecular formula is C20H32N4O3. The number of nitrogens with one attached hydrogen (secondary N) is 1. The monoisotopic (exact) mass is 376 g/mol. The molecule has 1 aliphatic heterocycles. The molecule has 2 aliphatic rings. The smallest absolute Gasteiger partial charge is 0.235 e. The van der Waals surface area contributed by atoms with Gasteiger partial charge >= 0.3 is 0 Å². The Morgan fingerprint density at radius 2 is 2.07 bits per heavy atom. The zero-order chi connectivity index (χ0) is 19.8. The predicted octanol–water partition coefficient (Wildman–Crippen LogP) is 2.45. The summed E-state index contributed by atoms with van der Waals surface area (Å²) in [7, 11) is 0. The molecule has 150 valence electrons. The van der Waals surface area contributed by atoms with Gasteiger partial charge in [-0.15, -0.1) is 0 Å². The molecule has 1 aromatic rings. The number of nitrogens with zero attached hydrogens (tertiary/aromatic N) is 3. The number of amides is 2. The maximum Gasteiger partial charge on any atom is 0.235 e. The Bertz CT molecular complexity index is 699. The van der Waals surface area contributed by atoms with Gasteiger partial charge in [-0.05, 0) is 38.0 Å². The molecule has 3 rings (SSSR count). The summed E-state index contributed by atoms with van der Waals surface area (Å²) in [5.74, 6) is 2.21. The number of carbonyl (C=O) groups is 2. The molecule has 27 heavy (non-hydrogen) atoms. The van der Waals surface area contributed by atoms with Gasteiger partial charge in [0.2, 0.25) is 17.7 Å². The minimum Gasteiger partial charge on any atom is -0.353 e. The highest BCUT2D eigenvalue weighted by molar-refractivity contribution is 5.79. The largest absolute Gasteiger partial charge is 0.353 e. The van der Waals surface area contributed by atoms with E-state index >= 15 is 0 Å². The number of hydrogen-bond donors (Lipinski definition) is 1.